The van der Waals surface area contributed by atoms with Gasteiger partial charge in [-0.05, 0) is 61.7 Å². The summed E-state index contributed by atoms with van der Waals surface area (Å²) >= 11 is 0. The number of benzene rings is 3. The van der Waals surface area contributed by atoms with Crippen molar-refractivity contribution in [1.29, 1.82) is 0 Å². The van der Waals surface area contributed by atoms with Gasteiger partial charge in [0.15, 0.2) is 11.5 Å². The molecule has 186 valence electrons. The van der Waals surface area contributed by atoms with Crippen LogP contribution in [0.1, 0.15) is 27.8 Å². The number of hydrogen-bond acceptors (Lipinski definition) is 5. The van der Waals surface area contributed by atoms with E-state index < -0.39 is 21.4 Å². The van der Waals surface area contributed by atoms with Gasteiger partial charge in [0.05, 0.1) is 10.4 Å². The molecule has 0 spiro atoms. The average Bonchev–Trinajstić information content (AvgIpc) is 3.25. The molecule has 9 heteroatoms. The first-order valence-corrected chi connectivity index (χ1v) is 12.8. The Bertz CT molecular complexity index is 1620. The van der Waals surface area contributed by atoms with Gasteiger partial charge in [-0.25, -0.2) is 12.8 Å². The molecule has 0 saturated heterocycles. The maximum absolute atomic E-state index is 14.0. The van der Waals surface area contributed by atoms with Crippen LogP contribution in [0, 0.1) is 26.6 Å². The zero-order chi connectivity index (χ0) is 25.6. The third-order valence-corrected chi connectivity index (χ3v) is 8.33. The minimum absolute atomic E-state index is 0.0337. The fourth-order valence-corrected chi connectivity index (χ4v) is 6.49. The summed E-state index contributed by atoms with van der Waals surface area (Å²) in [5.74, 6) is 0.682. The maximum atomic E-state index is 14.0. The molecule has 4 aromatic rings. The Kier molecular flexibility index (Phi) is 6.05. The summed E-state index contributed by atoms with van der Waals surface area (Å²) in [7, 11) is -4.02. The minimum Gasteiger partial charge on any atom is -0.454 e. The lowest BCUT2D eigenvalue weighted by Crippen LogP contribution is -2.33. The number of hydrogen-bond donors (Lipinski definition) is 1. The first kappa shape index (κ1) is 24.0. The second-order valence-electron chi connectivity index (χ2n) is 9.04. The van der Waals surface area contributed by atoms with Crippen molar-refractivity contribution in [1.82, 2.24) is 9.29 Å². The van der Waals surface area contributed by atoms with E-state index in [2.05, 4.69) is 4.98 Å². The maximum Gasteiger partial charge on any atom is 0.252 e. The Hall–Kier alpha value is -3.69. The molecule has 7 nitrogen and oxygen atoms in total. The van der Waals surface area contributed by atoms with Crippen molar-refractivity contribution >= 4 is 20.9 Å². The molecule has 0 aliphatic carbocycles. The summed E-state index contributed by atoms with van der Waals surface area (Å²) in [5, 5.41) is 0.690. The van der Waals surface area contributed by atoms with Crippen molar-refractivity contribution in [3.63, 3.8) is 0 Å². The summed E-state index contributed by atoms with van der Waals surface area (Å²) in [4.78, 5) is 16.0. The van der Waals surface area contributed by atoms with Gasteiger partial charge in [-0.1, -0.05) is 29.8 Å². The summed E-state index contributed by atoms with van der Waals surface area (Å²) < 4.78 is 53.6. The number of aromatic nitrogens is 1. The molecule has 0 bridgehead atoms. The second kappa shape index (κ2) is 9.07. The summed E-state index contributed by atoms with van der Waals surface area (Å²) in [5.41, 5.74) is 3.23. The van der Waals surface area contributed by atoms with E-state index in [0.29, 0.717) is 39.1 Å². The summed E-state index contributed by atoms with van der Waals surface area (Å²) in [6.45, 7) is 5.32. The Morgan fingerprint density at radius 1 is 0.917 bits per heavy atom. The Labute approximate surface area is 208 Å². The highest BCUT2D eigenvalue weighted by Gasteiger charge is 2.29. The van der Waals surface area contributed by atoms with E-state index in [-0.39, 0.29) is 30.3 Å². The van der Waals surface area contributed by atoms with Crippen LogP contribution >= 0.6 is 0 Å². The van der Waals surface area contributed by atoms with E-state index in [0.717, 1.165) is 5.56 Å². The highest BCUT2D eigenvalue weighted by molar-refractivity contribution is 7.89. The fourth-order valence-electron chi connectivity index (χ4n) is 4.67. The predicted molar refractivity (Wildman–Crippen MR) is 134 cm³/mol. The number of H-pyrrole nitrogens is 1. The van der Waals surface area contributed by atoms with Crippen molar-refractivity contribution in [3.8, 4) is 11.5 Å². The van der Waals surface area contributed by atoms with Gasteiger partial charge in [0, 0.05) is 30.1 Å². The monoisotopic (exact) mass is 508 g/mol. The van der Waals surface area contributed by atoms with Gasteiger partial charge < -0.3 is 14.5 Å². The van der Waals surface area contributed by atoms with Crippen LogP contribution in [0.5, 0.6) is 11.5 Å². The first-order chi connectivity index (χ1) is 17.1. The Morgan fingerprint density at radius 2 is 1.56 bits per heavy atom. The van der Waals surface area contributed by atoms with E-state index in [1.54, 1.807) is 32.0 Å². The highest BCUT2D eigenvalue weighted by Crippen LogP contribution is 2.35. The molecule has 1 aliphatic rings. The Balaban J connectivity index is 1.60. The van der Waals surface area contributed by atoms with Gasteiger partial charge in [-0.2, -0.15) is 4.31 Å². The highest BCUT2D eigenvalue weighted by atomic mass is 32.2. The largest absolute Gasteiger partial charge is 0.454 e. The van der Waals surface area contributed by atoms with Crippen LogP contribution in [0.3, 0.4) is 0 Å². The van der Waals surface area contributed by atoms with Crippen LogP contribution in [0.25, 0.3) is 10.9 Å². The minimum atomic E-state index is -4.02. The van der Waals surface area contributed by atoms with Gasteiger partial charge in [0.1, 0.15) is 5.82 Å². The lowest BCUT2D eigenvalue weighted by Gasteiger charge is -2.24. The van der Waals surface area contributed by atoms with Crippen LogP contribution in [-0.2, 0) is 23.1 Å². The van der Waals surface area contributed by atoms with Gasteiger partial charge in [0.25, 0.3) is 5.56 Å². The molecule has 0 fully saturated rings. The first-order valence-electron chi connectivity index (χ1n) is 11.4. The Morgan fingerprint density at radius 3 is 2.22 bits per heavy atom. The molecule has 0 saturated carbocycles. The summed E-state index contributed by atoms with van der Waals surface area (Å²) in [6, 6.07) is 14.4. The summed E-state index contributed by atoms with van der Waals surface area (Å²) in [6.07, 6.45) is 0. The average molecular weight is 509 g/mol. The number of aryl methyl sites for hydroxylation is 3. The topological polar surface area (TPSA) is 88.7 Å². The lowest BCUT2D eigenvalue weighted by atomic mass is 10.1. The van der Waals surface area contributed by atoms with Gasteiger partial charge in [0.2, 0.25) is 16.8 Å². The van der Waals surface area contributed by atoms with Crippen LogP contribution in [0.15, 0.2) is 64.3 Å². The molecule has 1 N–H and O–H groups in total. The van der Waals surface area contributed by atoms with Crippen molar-refractivity contribution in [2.45, 2.75) is 38.8 Å². The molecule has 5 rings (SSSR count). The molecule has 1 aliphatic heterocycles. The van der Waals surface area contributed by atoms with E-state index in [1.165, 1.54) is 28.6 Å². The van der Waals surface area contributed by atoms with Gasteiger partial charge in [-0.3, -0.25) is 4.79 Å². The number of rotatable bonds is 6. The second-order valence-corrected chi connectivity index (χ2v) is 10.9. The zero-order valence-corrected chi connectivity index (χ0v) is 20.9. The van der Waals surface area contributed by atoms with Crippen LogP contribution in [0.2, 0.25) is 0 Å². The third kappa shape index (κ3) is 4.47. The molecule has 2 heterocycles. The van der Waals surface area contributed by atoms with E-state index in [9.17, 15) is 17.6 Å². The van der Waals surface area contributed by atoms with Gasteiger partial charge in [-0.15, -0.1) is 0 Å². The quantitative estimate of drug-likeness (QED) is 0.408. The number of ether oxygens (including phenoxy) is 2. The third-order valence-electron chi connectivity index (χ3n) is 6.24. The van der Waals surface area contributed by atoms with Crippen molar-refractivity contribution < 1.29 is 22.3 Å². The standard InChI is InChI=1S/C27H25FN2O5S/c1-16-8-17(2)26(18(3)9-16)36(32,33)30(13-19-4-6-22(28)7-5-19)14-21-10-20-11-24-25(35-15-34-24)12-23(20)29-27(21)31/h4-12H,13-15H2,1-3H3,(H,29,31). The normalized spacial score (nSPS) is 13.0. The molecule has 36 heavy (non-hydrogen) atoms. The molecular weight excluding hydrogens is 483 g/mol. The van der Waals surface area contributed by atoms with E-state index in [4.69, 9.17) is 9.47 Å². The van der Waals surface area contributed by atoms with E-state index in [1.807, 2.05) is 19.1 Å². The zero-order valence-electron chi connectivity index (χ0n) is 20.1. The van der Waals surface area contributed by atoms with Crippen molar-refractivity contribution in [3.05, 3.63) is 98.6 Å². The molecule has 1 aromatic heterocycles. The fraction of sp³-hybridized carbons (Fsp3) is 0.222. The predicted octanol–water partition coefficient (Wildman–Crippen LogP) is 4.71. The lowest BCUT2D eigenvalue weighted by molar-refractivity contribution is 0.174. The number of fused-ring (bicyclic) bond motifs is 2. The van der Waals surface area contributed by atoms with Crippen LogP contribution < -0.4 is 15.0 Å². The molecule has 0 amide bonds. The number of halogens is 1. The van der Waals surface area contributed by atoms with Crippen LogP contribution in [0.4, 0.5) is 4.39 Å². The molecule has 0 radical (unpaired) electrons. The van der Waals surface area contributed by atoms with Crippen LogP contribution in [-0.4, -0.2) is 24.5 Å². The van der Waals surface area contributed by atoms with Crippen molar-refractivity contribution in [2.24, 2.45) is 0 Å². The molecular formula is C27H25FN2O5S. The number of sulfonamides is 1. The molecule has 0 atom stereocenters. The number of nitrogens with zero attached hydrogens (tertiary/aromatic N) is 1. The molecule has 0 unspecified atom stereocenters. The number of nitrogens with one attached hydrogen (secondary N) is 1. The van der Waals surface area contributed by atoms with E-state index >= 15 is 0 Å². The van der Waals surface area contributed by atoms with Crippen molar-refractivity contribution in [2.75, 3.05) is 6.79 Å². The number of pyridine rings is 1. The SMILES string of the molecule is Cc1cc(C)c(S(=O)(=O)N(Cc2ccc(F)cc2)Cc2cc3cc4c(cc3[nH]c2=O)OCO4)c(C)c1. The molecule has 3 aromatic carbocycles. The van der Waals surface area contributed by atoms with Gasteiger partial charge >= 0.3 is 0 Å². The smallest absolute Gasteiger partial charge is 0.252 e. The number of aromatic amines is 1.